The summed E-state index contributed by atoms with van der Waals surface area (Å²) < 4.78 is 5.59. The maximum absolute atomic E-state index is 12.8. The standard InChI is InChI=1S/C19H24N2O5/c22-17-4-1-10-21(17)15-7-5-14(6-8-15)19(25)20(11-9-18(23)24)13-16-3-2-12-26-16/h5-8,16H,1-4,9-13H2,(H,23,24). The zero-order valence-corrected chi connectivity index (χ0v) is 14.7. The van der Waals surface area contributed by atoms with Crippen LogP contribution >= 0.6 is 0 Å². The zero-order valence-electron chi connectivity index (χ0n) is 14.7. The fourth-order valence-electron chi connectivity index (χ4n) is 3.43. The van der Waals surface area contributed by atoms with Crippen LogP contribution in [0.2, 0.25) is 0 Å². The first kappa shape index (κ1) is 18.4. The second kappa shape index (κ2) is 8.31. The Labute approximate surface area is 152 Å². The summed E-state index contributed by atoms with van der Waals surface area (Å²) in [5.41, 5.74) is 1.28. The molecule has 0 aromatic heterocycles. The highest BCUT2D eigenvalue weighted by atomic mass is 16.5. The second-order valence-electron chi connectivity index (χ2n) is 6.73. The number of rotatable bonds is 7. The van der Waals surface area contributed by atoms with E-state index in [1.54, 1.807) is 34.1 Å². The van der Waals surface area contributed by atoms with E-state index in [-0.39, 0.29) is 30.9 Å². The van der Waals surface area contributed by atoms with Crippen LogP contribution in [0.15, 0.2) is 24.3 Å². The highest BCUT2D eigenvalue weighted by Crippen LogP contribution is 2.22. The molecule has 2 aliphatic rings. The molecule has 1 unspecified atom stereocenters. The Morgan fingerprint density at radius 3 is 2.58 bits per heavy atom. The van der Waals surface area contributed by atoms with E-state index >= 15 is 0 Å². The van der Waals surface area contributed by atoms with Gasteiger partial charge in [-0.3, -0.25) is 14.4 Å². The van der Waals surface area contributed by atoms with Crippen LogP contribution in [0, 0.1) is 0 Å². The van der Waals surface area contributed by atoms with Gasteiger partial charge in [0, 0.05) is 43.9 Å². The van der Waals surface area contributed by atoms with Gasteiger partial charge in [-0.2, -0.15) is 0 Å². The molecule has 26 heavy (non-hydrogen) atoms. The predicted octanol–water partition coefficient (Wildman–Crippen LogP) is 1.91. The normalized spacial score (nSPS) is 19.8. The third-order valence-corrected chi connectivity index (χ3v) is 4.83. The van der Waals surface area contributed by atoms with Gasteiger partial charge in [0.15, 0.2) is 0 Å². The summed E-state index contributed by atoms with van der Waals surface area (Å²) >= 11 is 0. The fourth-order valence-corrected chi connectivity index (χ4v) is 3.43. The molecule has 1 aromatic carbocycles. The molecule has 1 N–H and O–H groups in total. The van der Waals surface area contributed by atoms with E-state index < -0.39 is 5.97 Å². The lowest BCUT2D eigenvalue weighted by atomic mass is 10.1. The molecule has 0 spiro atoms. The SMILES string of the molecule is O=C(O)CCN(CC1CCCO1)C(=O)c1ccc(N2CCCC2=O)cc1. The molecule has 1 aromatic rings. The third kappa shape index (κ3) is 4.40. The minimum Gasteiger partial charge on any atom is -0.481 e. The fraction of sp³-hybridized carbons (Fsp3) is 0.526. The quantitative estimate of drug-likeness (QED) is 0.803. The maximum atomic E-state index is 12.8. The molecule has 3 rings (SSSR count). The first-order chi connectivity index (χ1) is 12.5. The van der Waals surface area contributed by atoms with Crippen molar-refractivity contribution in [2.45, 2.75) is 38.2 Å². The molecule has 140 valence electrons. The first-order valence-corrected chi connectivity index (χ1v) is 9.07. The summed E-state index contributed by atoms with van der Waals surface area (Å²) in [6.45, 7) is 1.94. The van der Waals surface area contributed by atoms with Crippen LogP contribution in [0.1, 0.15) is 42.5 Å². The topological polar surface area (TPSA) is 87.2 Å². The predicted molar refractivity (Wildman–Crippen MR) is 95.2 cm³/mol. The molecule has 2 saturated heterocycles. The van der Waals surface area contributed by atoms with Crippen LogP contribution in [0.5, 0.6) is 0 Å². The number of carbonyl (C=O) groups is 3. The van der Waals surface area contributed by atoms with E-state index in [1.165, 1.54) is 0 Å². The molecular weight excluding hydrogens is 336 g/mol. The Balaban J connectivity index is 1.69. The van der Waals surface area contributed by atoms with E-state index in [2.05, 4.69) is 0 Å². The number of anilines is 1. The molecule has 2 heterocycles. The second-order valence-corrected chi connectivity index (χ2v) is 6.73. The molecule has 7 heteroatoms. The van der Waals surface area contributed by atoms with Gasteiger partial charge < -0.3 is 19.6 Å². The van der Waals surface area contributed by atoms with Gasteiger partial charge in [0.2, 0.25) is 5.91 Å². The summed E-state index contributed by atoms with van der Waals surface area (Å²) in [4.78, 5) is 38.9. The summed E-state index contributed by atoms with van der Waals surface area (Å²) in [5.74, 6) is -1.04. The van der Waals surface area contributed by atoms with E-state index in [0.29, 0.717) is 31.7 Å². The number of amides is 2. The number of hydrogen-bond donors (Lipinski definition) is 1. The summed E-state index contributed by atoms with van der Waals surface area (Å²) in [6, 6.07) is 6.95. The van der Waals surface area contributed by atoms with E-state index in [0.717, 1.165) is 24.9 Å². The number of hydrogen-bond acceptors (Lipinski definition) is 4. The molecule has 0 saturated carbocycles. The Morgan fingerprint density at radius 1 is 1.23 bits per heavy atom. The number of carbonyl (C=O) groups excluding carboxylic acids is 2. The number of benzene rings is 1. The first-order valence-electron chi connectivity index (χ1n) is 9.07. The lowest BCUT2D eigenvalue weighted by Crippen LogP contribution is -2.38. The number of nitrogens with zero attached hydrogens (tertiary/aromatic N) is 2. The minimum atomic E-state index is -0.932. The van der Waals surface area contributed by atoms with Gasteiger partial charge in [0.25, 0.3) is 5.91 Å². The van der Waals surface area contributed by atoms with Crippen molar-refractivity contribution in [1.29, 1.82) is 0 Å². The zero-order chi connectivity index (χ0) is 18.5. The summed E-state index contributed by atoms with van der Waals surface area (Å²) in [7, 11) is 0. The molecule has 7 nitrogen and oxygen atoms in total. The van der Waals surface area contributed by atoms with Crippen LogP contribution in [-0.4, -0.2) is 60.1 Å². The van der Waals surface area contributed by atoms with Gasteiger partial charge in [-0.05, 0) is 43.5 Å². The molecule has 0 bridgehead atoms. The Hall–Kier alpha value is -2.41. The molecule has 0 aliphatic carbocycles. The average Bonchev–Trinajstić information content (AvgIpc) is 3.29. The Bertz CT molecular complexity index is 667. The van der Waals surface area contributed by atoms with E-state index in [1.807, 2.05) is 0 Å². The Morgan fingerprint density at radius 2 is 2.00 bits per heavy atom. The summed E-state index contributed by atoms with van der Waals surface area (Å²) in [5, 5.41) is 8.95. The van der Waals surface area contributed by atoms with Crippen LogP contribution in [0.3, 0.4) is 0 Å². The molecule has 0 radical (unpaired) electrons. The summed E-state index contributed by atoms with van der Waals surface area (Å²) in [6.07, 6.45) is 3.12. The minimum absolute atomic E-state index is 0.0331. The van der Waals surface area contributed by atoms with Gasteiger partial charge >= 0.3 is 5.97 Å². The lowest BCUT2D eigenvalue weighted by Gasteiger charge is -2.25. The van der Waals surface area contributed by atoms with Gasteiger partial charge in [-0.25, -0.2) is 0 Å². The van der Waals surface area contributed by atoms with Crippen LogP contribution in [0.4, 0.5) is 5.69 Å². The van der Waals surface area contributed by atoms with Crippen molar-refractivity contribution >= 4 is 23.5 Å². The molecule has 2 amide bonds. The number of carboxylic acid groups (broad SMARTS) is 1. The molecular formula is C19H24N2O5. The average molecular weight is 360 g/mol. The van der Waals surface area contributed by atoms with Crippen molar-refractivity contribution in [3.63, 3.8) is 0 Å². The van der Waals surface area contributed by atoms with E-state index in [9.17, 15) is 14.4 Å². The van der Waals surface area contributed by atoms with E-state index in [4.69, 9.17) is 9.84 Å². The maximum Gasteiger partial charge on any atom is 0.305 e. The highest BCUT2D eigenvalue weighted by molar-refractivity contribution is 5.97. The Kier molecular flexibility index (Phi) is 5.88. The number of aliphatic carboxylic acids is 1. The van der Waals surface area contributed by atoms with Crippen LogP contribution in [-0.2, 0) is 14.3 Å². The number of carboxylic acids is 1. The largest absolute Gasteiger partial charge is 0.481 e. The third-order valence-electron chi connectivity index (χ3n) is 4.83. The lowest BCUT2D eigenvalue weighted by molar-refractivity contribution is -0.137. The smallest absolute Gasteiger partial charge is 0.305 e. The van der Waals surface area contributed by atoms with Crippen molar-refractivity contribution in [2.75, 3.05) is 31.1 Å². The van der Waals surface area contributed by atoms with Gasteiger partial charge in [0.1, 0.15) is 0 Å². The van der Waals surface area contributed by atoms with Crippen LogP contribution < -0.4 is 4.90 Å². The highest BCUT2D eigenvalue weighted by Gasteiger charge is 2.25. The van der Waals surface area contributed by atoms with Gasteiger partial charge in [-0.1, -0.05) is 0 Å². The van der Waals surface area contributed by atoms with Crippen molar-refractivity contribution < 1.29 is 24.2 Å². The molecule has 2 fully saturated rings. The van der Waals surface area contributed by atoms with Crippen molar-refractivity contribution in [2.24, 2.45) is 0 Å². The number of ether oxygens (including phenoxy) is 1. The van der Waals surface area contributed by atoms with Crippen molar-refractivity contribution in [3.8, 4) is 0 Å². The monoisotopic (exact) mass is 360 g/mol. The van der Waals surface area contributed by atoms with Crippen molar-refractivity contribution in [1.82, 2.24) is 4.90 Å². The molecule has 1 atom stereocenters. The molecule has 2 aliphatic heterocycles. The van der Waals surface area contributed by atoms with Crippen LogP contribution in [0.25, 0.3) is 0 Å². The van der Waals surface area contributed by atoms with Crippen molar-refractivity contribution in [3.05, 3.63) is 29.8 Å². The van der Waals surface area contributed by atoms with Gasteiger partial charge in [0.05, 0.1) is 12.5 Å². The van der Waals surface area contributed by atoms with Gasteiger partial charge in [-0.15, -0.1) is 0 Å².